The summed E-state index contributed by atoms with van der Waals surface area (Å²) in [6.07, 6.45) is 4.05. The van der Waals surface area contributed by atoms with Crippen molar-refractivity contribution in [2.24, 2.45) is 0 Å². The second-order valence-electron chi connectivity index (χ2n) is 5.99. The first-order chi connectivity index (χ1) is 11.1. The second-order valence-corrected chi connectivity index (χ2v) is 5.99. The van der Waals surface area contributed by atoms with E-state index < -0.39 is 5.97 Å². The van der Waals surface area contributed by atoms with Crippen molar-refractivity contribution in [3.05, 3.63) is 35.9 Å². The summed E-state index contributed by atoms with van der Waals surface area (Å²) in [4.78, 5) is 25.1. The predicted molar refractivity (Wildman–Crippen MR) is 86.9 cm³/mol. The number of hydrogen-bond donors (Lipinski definition) is 1. The van der Waals surface area contributed by atoms with Crippen LogP contribution in [0.5, 0.6) is 0 Å². The molecule has 1 heterocycles. The molecule has 1 aromatic rings. The Balaban J connectivity index is 1.93. The first-order valence-corrected chi connectivity index (χ1v) is 8.30. The zero-order valence-electron chi connectivity index (χ0n) is 13.4. The number of nitrogens with zero attached hydrogens (tertiary/aromatic N) is 1. The van der Waals surface area contributed by atoms with Gasteiger partial charge in [0.05, 0.1) is 12.5 Å². The van der Waals surface area contributed by atoms with Gasteiger partial charge in [0, 0.05) is 26.1 Å². The fourth-order valence-corrected chi connectivity index (χ4v) is 2.81. The number of carbonyl (C=O) groups excluding carboxylic acids is 1. The van der Waals surface area contributed by atoms with E-state index in [1.54, 1.807) is 4.90 Å². The van der Waals surface area contributed by atoms with Crippen LogP contribution in [0, 0.1) is 0 Å². The zero-order chi connectivity index (χ0) is 16.5. The van der Waals surface area contributed by atoms with Gasteiger partial charge in [0.1, 0.15) is 0 Å². The van der Waals surface area contributed by atoms with Crippen molar-refractivity contribution >= 4 is 11.9 Å². The van der Waals surface area contributed by atoms with Gasteiger partial charge in [0.15, 0.2) is 0 Å². The fourth-order valence-electron chi connectivity index (χ4n) is 2.81. The highest BCUT2D eigenvalue weighted by molar-refractivity contribution is 5.76. The maximum absolute atomic E-state index is 12.6. The van der Waals surface area contributed by atoms with E-state index >= 15 is 0 Å². The Bertz CT molecular complexity index is 497. The molecule has 1 saturated heterocycles. The summed E-state index contributed by atoms with van der Waals surface area (Å²) < 4.78 is 5.65. The molecule has 1 fully saturated rings. The molecule has 1 aliphatic heterocycles. The largest absolute Gasteiger partial charge is 0.481 e. The highest BCUT2D eigenvalue weighted by Gasteiger charge is 2.22. The van der Waals surface area contributed by atoms with Crippen LogP contribution in [0.25, 0.3) is 0 Å². The Hall–Kier alpha value is -1.88. The average Bonchev–Trinajstić information content (AvgIpc) is 2.55. The van der Waals surface area contributed by atoms with Gasteiger partial charge in [-0.1, -0.05) is 30.3 Å². The van der Waals surface area contributed by atoms with E-state index in [4.69, 9.17) is 9.84 Å². The van der Waals surface area contributed by atoms with E-state index in [9.17, 15) is 9.59 Å². The Labute approximate surface area is 137 Å². The van der Waals surface area contributed by atoms with E-state index in [0.717, 1.165) is 31.4 Å². The number of carboxylic acids is 1. The number of amides is 1. The summed E-state index contributed by atoms with van der Waals surface area (Å²) in [6.45, 7) is 1.72. The summed E-state index contributed by atoms with van der Waals surface area (Å²) in [5.41, 5.74) is 1.06. The molecular formula is C18H25NO4. The van der Waals surface area contributed by atoms with Crippen LogP contribution in [0.15, 0.2) is 30.3 Å². The molecule has 126 valence electrons. The number of rotatable bonds is 8. The van der Waals surface area contributed by atoms with Gasteiger partial charge in [0.2, 0.25) is 5.91 Å². The third-order valence-electron chi connectivity index (χ3n) is 4.06. The van der Waals surface area contributed by atoms with E-state index in [0.29, 0.717) is 25.9 Å². The molecule has 23 heavy (non-hydrogen) atoms. The van der Waals surface area contributed by atoms with Gasteiger partial charge in [-0.05, 0) is 31.2 Å². The molecule has 1 amide bonds. The van der Waals surface area contributed by atoms with Crippen molar-refractivity contribution in [3.63, 3.8) is 0 Å². The normalized spacial score (nSPS) is 17.7. The summed E-state index contributed by atoms with van der Waals surface area (Å²) in [5, 5.41) is 8.79. The number of ether oxygens (including phenoxy) is 1. The average molecular weight is 319 g/mol. The molecule has 0 spiro atoms. The van der Waals surface area contributed by atoms with Crippen LogP contribution in [-0.4, -0.2) is 41.1 Å². The molecule has 1 aliphatic rings. The molecule has 0 aromatic heterocycles. The monoisotopic (exact) mass is 319 g/mol. The molecule has 1 unspecified atom stereocenters. The van der Waals surface area contributed by atoms with Crippen LogP contribution in [0.4, 0.5) is 0 Å². The van der Waals surface area contributed by atoms with Crippen molar-refractivity contribution in [2.75, 3.05) is 13.2 Å². The molecule has 0 radical (unpaired) electrons. The van der Waals surface area contributed by atoms with Crippen LogP contribution in [0.1, 0.15) is 44.1 Å². The van der Waals surface area contributed by atoms with E-state index in [2.05, 4.69) is 0 Å². The lowest BCUT2D eigenvalue weighted by molar-refractivity contribution is -0.139. The highest BCUT2D eigenvalue weighted by Crippen LogP contribution is 2.18. The van der Waals surface area contributed by atoms with Crippen molar-refractivity contribution in [2.45, 2.75) is 51.2 Å². The molecule has 5 nitrogen and oxygen atoms in total. The number of aliphatic carboxylic acids is 1. The number of benzene rings is 1. The van der Waals surface area contributed by atoms with Crippen molar-refractivity contribution in [1.29, 1.82) is 0 Å². The van der Waals surface area contributed by atoms with Crippen LogP contribution >= 0.6 is 0 Å². The third-order valence-corrected chi connectivity index (χ3v) is 4.06. The Kier molecular flexibility index (Phi) is 7.07. The van der Waals surface area contributed by atoms with Gasteiger partial charge in [0.25, 0.3) is 0 Å². The van der Waals surface area contributed by atoms with E-state index in [1.807, 2.05) is 30.3 Å². The molecule has 0 saturated carbocycles. The van der Waals surface area contributed by atoms with Crippen LogP contribution < -0.4 is 0 Å². The summed E-state index contributed by atoms with van der Waals surface area (Å²) in [7, 11) is 0. The summed E-state index contributed by atoms with van der Waals surface area (Å²) >= 11 is 0. The van der Waals surface area contributed by atoms with Crippen LogP contribution in [0.2, 0.25) is 0 Å². The summed E-state index contributed by atoms with van der Waals surface area (Å²) in [6, 6.07) is 9.79. The lowest BCUT2D eigenvalue weighted by Gasteiger charge is -2.27. The smallest absolute Gasteiger partial charge is 0.303 e. The van der Waals surface area contributed by atoms with E-state index in [-0.39, 0.29) is 18.4 Å². The molecule has 1 aromatic carbocycles. The first kappa shape index (κ1) is 17.5. The van der Waals surface area contributed by atoms with Gasteiger partial charge in [-0.15, -0.1) is 0 Å². The number of carbonyl (C=O) groups is 2. The van der Waals surface area contributed by atoms with Gasteiger partial charge in [-0.25, -0.2) is 0 Å². The minimum atomic E-state index is -0.826. The lowest BCUT2D eigenvalue weighted by atomic mass is 10.1. The van der Waals surface area contributed by atoms with Gasteiger partial charge in [-0.3, -0.25) is 9.59 Å². The lowest BCUT2D eigenvalue weighted by Crippen LogP contribution is -2.35. The van der Waals surface area contributed by atoms with Crippen molar-refractivity contribution < 1.29 is 19.4 Å². The quantitative estimate of drug-likeness (QED) is 0.800. The molecule has 1 atom stereocenters. The number of hydrogen-bond acceptors (Lipinski definition) is 3. The molecule has 0 bridgehead atoms. The Morgan fingerprint density at radius 1 is 1.22 bits per heavy atom. The maximum Gasteiger partial charge on any atom is 0.303 e. The highest BCUT2D eigenvalue weighted by atomic mass is 16.5. The Morgan fingerprint density at radius 2 is 2.00 bits per heavy atom. The van der Waals surface area contributed by atoms with Crippen LogP contribution in [0.3, 0.4) is 0 Å². The van der Waals surface area contributed by atoms with Gasteiger partial charge < -0.3 is 14.7 Å². The molecule has 0 aliphatic carbocycles. The van der Waals surface area contributed by atoms with Crippen molar-refractivity contribution in [3.8, 4) is 0 Å². The molecule has 2 rings (SSSR count). The van der Waals surface area contributed by atoms with Gasteiger partial charge in [-0.2, -0.15) is 0 Å². The molecular weight excluding hydrogens is 294 g/mol. The molecule has 5 heteroatoms. The predicted octanol–water partition coefficient (Wildman–Crippen LogP) is 2.84. The summed E-state index contributed by atoms with van der Waals surface area (Å²) in [5.74, 6) is -0.779. The van der Waals surface area contributed by atoms with Crippen LogP contribution in [-0.2, 0) is 20.9 Å². The van der Waals surface area contributed by atoms with Crippen molar-refractivity contribution in [1.82, 2.24) is 4.90 Å². The molecule has 1 N–H and O–H groups in total. The van der Waals surface area contributed by atoms with E-state index in [1.165, 1.54) is 0 Å². The van der Waals surface area contributed by atoms with Gasteiger partial charge >= 0.3 is 5.97 Å². The minimum Gasteiger partial charge on any atom is -0.481 e. The second kappa shape index (κ2) is 9.30. The SMILES string of the molecule is O=C(O)CCCN(Cc1ccccc1)C(=O)CC1CCCCO1. The topological polar surface area (TPSA) is 66.8 Å². The fraction of sp³-hybridized carbons (Fsp3) is 0.556. The number of carboxylic acid groups (broad SMARTS) is 1. The minimum absolute atomic E-state index is 0.00833. The first-order valence-electron chi connectivity index (χ1n) is 8.30. The Morgan fingerprint density at radius 3 is 2.65 bits per heavy atom. The third kappa shape index (κ3) is 6.40. The maximum atomic E-state index is 12.6. The standard InChI is InChI=1S/C18H25NO4/c20-17(13-16-9-4-5-12-23-16)19(11-6-10-18(21)22)14-15-7-2-1-3-8-15/h1-3,7-8,16H,4-6,9-14H2,(H,21,22). The zero-order valence-corrected chi connectivity index (χ0v) is 13.4.